The van der Waals surface area contributed by atoms with Gasteiger partial charge in [-0.1, -0.05) is 35.5 Å². The van der Waals surface area contributed by atoms with Crippen molar-refractivity contribution in [3.05, 3.63) is 66.1 Å². The van der Waals surface area contributed by atoms with Gasteiger partial charge in [-0.2, -0.15) is 13.2 Å². The summed E-state index contributed by atoms with van der Waals surface area (Å²) >= 11 is 0. The molecule has 1 N–H and O–H groups in total. The number of nitrogens with one attached hydrogen (secondary N) is 1. The van der Waals surface area contributed by atoms with Crippen LogP contribution in [-0.2, 0) is 6.18 Å². The summed E-state index contributed by atoms with van der Waals surface area (Å²) in [6, 6.07) is 9.61. The maximum Gasteiger partial charge on any atom is 0.417 e. The van der Waals surface area contributed by atoms with Crippen LogP contribution in [0.25, 0.3) is 11.1 Å². The van der Waals surface area contributed by atoms with Crippen LogP contribution in [0.2, 0.25) is 0 Å². The monoisotopic (exact) mass is 333 g/mol. The zero-order chi connectivity index (χ0) is 17.2. The van der Waals surface area contributed by atoms with E-state index in [4.69, 9.17) is 4.52 Å². The number of halogens is 3. The van der Waals surface area contributed by atoms with E-state index in [-0.39, 0.29) is 5.88 Å². The average Bonchev–Trinajstić information content (AvgIpc) is 3.03. The Morgan fingerprint density at radius 3 is 2.54 bits per heavy atom. The summed E-state index contributed by atoms with van der Waals surface area (Å²) in [6.07, 6.45) is -1.46. The molecule has 0 bridgehead atoms. The van der Waals surface area contributed by atoms with E-state index < -0.39 is 23.2 Å². The summed E-state index contributed by atoms with van der Waals surface area (Å²) in [5.74, 6) is -1.02. The average molecular weight is 333 g/mol. The molecular formula is C16H10F3N3O2. The Morgan fingerprint density at radius 2 is 1.83 bits per heavy atom. The van der Waals surface area contributed by atoms with Gasteiger partial charge < -0.3 is 4.52 Å². The Balaban J connectivity index is 1.92. The van der Waals surface area contributed by atoms with Crippen LogP contribution >= 0.6 is 0 Å². The molecule has 0 saturated heterocycles. The van der Waals surface area contributed by atoms with Gasteiger partial charge in [-0.05, 0) is 11.6 Å². The minimum Gasteiger partial charge on any atom is -0.338 e. The van der Waals surface area contributed by atoms with Gasteiger partial charge in [0.05, 0.1) is 22.9 Å². The van der Waals surface area contributed by atoms with Crippen molar-refractivity contribution in [1.82, 2.24) is 10.1 Å². The van der Waals surface area contributed by atoms with E-state index in [1.807, 2.05) is 0 Å². The lowest BCUT2D eigenvalue weighted by molar-refractivity contribution is -0.138. The fourth-order valence-electron chi connectivity index (χ4n) is 2.15. The second kappa shape index (κ2) is 6.15. The molecule has 0 spiro atoms. The van der Waals surface area contributed by atoms with Gasteiger partial charge in [-0.25, -0.2) is 0 Å². The number of carbonyl (C=O) groups is 1. The Kier molecular flexibility index (Phi) is 4.03. The number of carbonyl (C=O) groups excluding carboxylic acids is 1. The topological polar surface area (TPSA) is 68.0 Å². The maximum atomic E-state index is 13.0. The van der Waals surface area contributed by atoms with Crippen LogP contribution in [0.15, 0.2) is 59.5 Å². The molecule has 8 heteroatoms. The fourth-order valence-corrected chi connectivity index (χ4v) is 2.15. The minimum absolute atomic E-state index is 0.0387. The molecule has 3 rings (SSSR count). The molecule has 0 aliphatic heterocycles. The first kappa shape index (κ1) is 15.7. The molecule has 122 valence electrons. The number of pyridine rings is 1. The molecule has 2 heterocycles. The van der Waals surface area contributed by atoms with Crippen LogP contribution in [-0.4, -0.2) is 16.0 Å². The SMILES string of the molecule is O=C(Nc1oncc1-c1ccccc1)c1cnccc1C(F)(F)F. The Morgan fingerprint density at radius 1 is 1.08 bits per heavy atom. The quantitative estimate of drug-likeness (QED) is 0.786. The van der Waals surface area contributed by atoms with Gasteiger partial charge >= 0.3 is 6.18 Å². The Hall–Kier alpha value is -3.16. The van der Waals surface area contributed by atoms with Crippen molar-refractivity contribution in [3.63, 3.8) is 0 Å². The van der Waals surface area contributed by atoms with Gasteiger partial charge in [0.15, 0.2) is 0 Å². The second-order valence-electron chi connectivity index (χ2n) is 4.81. The van der Waals surface area contributed by atoms with Gasteiger partial charge in [0, 0.05) is 12.4 Å². The van der Waals surface area contributed by atoms with Crippen molar-refractivity contribution in [2.45, 2.75) is 6.18 Å². The molecule has 0 unspecified atom stereocenters. The third-order valence-electron chi connectivity index (χ3n) is 3.25. The van der Waals surface area contributed by atoms with Crippen molar-refractivity contribution >= 4 is 11.8 Å². The second-order valence-corrected chi connectivity index (χ2v) is 4.81. The van der Waals surface area contributed by atoms with Crippen molar-refractivity contribution in [1.29, 1.82) is 0 Å². The third kappa shape index (κ3) is 3.12. The van der Waals surface area contributed by atoms with Crippen LogP contribution < -0.4 is 5.32 Å². The highest BCUT2D eigenvalue weighted by Gasteiger charge is 2.35. The molecule has 0 aliphatic carbocycles. The van der Waals surface area contributed by atoms with Crippen molar-refractivity contribution < 1.29 is 22.5 Å². The smallest absolute Gasteiger partial charge is 0.338 e. The van der Waals surface area contributed by atoms with Crippen LogP contribution in [0.3, 0.4) is 0 Å². The number of amides is 1. The number of anilines is 1. The molecule has 2 aromatic heterocycles. The zero-order valence-corrected chi connectivity index (χ0v) is 12.0. The van der Waals surface area contributed by atoms with E-state index in [0.717, 1.165) is 18.5 Å². The summed E-state index contributed by atoms with van der Waals surface area (Å²) in [4.78, 5) is 15.8. The highest BCUT2D eigenvalue weighted by Crippen LogP contribution is 2.33. The van der Waals surface area contributed by atoms with E-state index in [0.29, 0.717) is 11.1 Å². The number of nitrogens with zero attached hydrogens (tertiary/aromatic N) is 2. The molecule has 1 aromatic carbocycles. The molecule has 24 heavy (non-hydrogen) atoms. The van der Waals surface area contributed by atoms with E-state index in [1.54, 1.807) is 30.3 Å². The first-order valence-electron chi connectivity index (χ1n) is 6.79. The predicted molar refractivity (Wildman–Crippen MR) is 79.1 cm³/mol. The highest BCUT2D eigenvalue weighted by atomic mass is 19.4. The number of hydrogen-bond acceptors (Lipinski definition) is 4. The van der Waals surface area contributed by atoms with Crippen molar-refractivity contribution in [3.8, 4) is 11.1 Å². The molecule has 0 atom stereocenters. The van der Waals surface area contributed by atoms with Gasteiger partial charge in [0.1, 0.15) is 0 Å². The van der Waals surface area contributed by atoms with E-state index in [1.165, 1.54) is 6.20 Å². The number of rotatable bonds is 3. The van der Waals surface area contributed by atoms with E-state index in [2.05, 4.69) is 15.5 Å². The Bertz CT molecular complexity index is 860. The number of aromatic nitrogens is 2. The van der Waals surface area contributed by atoms with Gasteiger partial charge in [-0.15, -0.1) is 0 Å². The first-order chi connectivity index (χ1) is 11.5. The fraction of sp³-hybridized carbons (Fsp3) is 0.0625. The molecule has 0 radical (unpaired) electrons. The Labute approximate surface area is 134 Å². The summed E-state index contributed by atoms with van der Waals surface area (Å²) in [7, 11) is 0. The summed E-state index contributed by atoms with van der Waals surface area (Å²) in [5.41, 5.74) is -0.506. The molecule has 1 amide bonds. The lowest BCUT2D eigenvalue weighted by Gasteiger charge is -2.11. The van der Waals surface area contributed by atoms with Gasteiger partial charge in [0.25, 0.3) is 5.91 Å². The lowest BCUT2D eigenvalue weighted by Crippen LogP contribution is -2.19. The molecule has 3 aromatic rings. The molecule has 0 fully saturated rings. The largest absolute Gasteiger partial charge is 0.417 e. The van der Waals surface area contributed by atoms with Gasteiger partial charge in [-0.3, -0.25) is 15.1 Å². The normalized spacial score (nSPS) is 11.3. The zero-order valence-electron chi connectivity index (χ0n) is 12.0. The van der Waals surface area contributed by atoms with Crippen molar-refractivity contribution in [2.75, 3.05) is 5.32 Å². The van der Waals surface area contributed by atoms with E-state index >= 15 is 0 Å². The highest BCUT2D eigenvalue weighted by molar-refractivity contribution is 6.06. The molecule has 0 aliphatic rings. The summed E-state index contributed by atoms with van der Waals surface area (Å²) in [5, 5.41) is 5.90. The molecule has 5 nitrogen and oxygen atoms in total. The number of hydrogen-bond donors (Lipinski definition) is 1. The van der Waals surface area contributed by atoms with E-state index in [9.17, 15) is 18.0 Å². The molecular weight excluding hydrogens is 323 g/mol. The minimum atomic E-state index is -4.67. The van der Waals surface area contributed by atoms with Crippen molar-refractivity contribution in [2.24, 2.45) is 0 Å². The van der Waals surface area contributed by atoms with Crippen LogP contribution in [0, 0.1) is 0 Å². The third-order valence-corrected chi connectivity index (χ3v) is 3.25. The lowest BCUT2D eigenvalue weighted by atomic mass is 10.1. The van der Waals surface area contributed by atoms with Crippen LogP contribution in [0.1, 0.15) is 15.9 Å². The summed E-state index contributed by atoms with van der Waals surface area (Å²) in [6.45, 7) is 0. The predicted octanol–water partition coefficient (Wildman–Crippen LogP) is 4.01. The van der Waals surface area contributed by atoms with Crippen LogP contribution in [0.4, 0.5) is 19.1 Å². The van der Waals surface area contributed by atoms with Crippen LogP contribution in [0.5, 0.6) is 0 Å². The number of benzene rings is 1. The molecule has 0 saturated carbocycles. The summed E-state index contributed by atoms with van der Waals surface area (Å²) < 4.78 is 43.9. The van der Waals surface area contributed by atoms with Gasteiger partial charge in [0.2, 0.25) is 5.88 Å². The standard InChI is InChI=1S/C16H10F3N3O2/c17-16(18,19)13-6-7-20-8-12(13)14(23)22-15-11(9-21-24-15)10-4-2-1-3-5-10/h1-9H,(H,22,23). The maximum absolute atomic E-state index is 13.0. The first-order valence-corrected chi connectivity index (χ1v) is 6.79. The number of alkyl halides is 3.